The van der Waals surface area contributed by atoms with Crippen LogP contribution in [0.15, 0.2) is 59.5 Å². The van der Waals surface area contributed by atoms with Gasteiger partial charge in [-0.1, -0.05) is 45.0 Å². The lowest BCUT2D eigenvalue weighted by Gasteiger charge is -2.19. The molecule has 0 radical (unpaired) electrons. The largest absolute Gasteiger partial charge is 0.867 e. The molecule has 0 spiro atoms. The van der Waals surface area contributed by atoms with Crippen LogP contribution < -0.4 is 9.29 Å². The zero-order valence-electron chi connectivity index (χ0n) is 15.1. The van der Waals surface area contributed by atoms with Crippen LogP contribution in [0.5, 0.6) is 11.5 Å². The summed E-state index contributed by atoms with van der Waals surface area (Å²) in [5, 5.41) is 21.4. The fraction of sp³-hybridized carbons (Fsp3) is 0.200. The second-order valence-electron chi connectivity index (χ2n) is 7.18. The van der Waals surface area contributed by atoms with Gasteiger partial charge in [-0.25, -0.2) is 0 Å². The molecule has 0 aliphatic carbocycles. The van der Waals surface area contributed by atoms with Crippen LogP contribution in [-0.2, 0) is 15.5 Å². The Kier molecular flexibility index (Phi) is 4.54. The summed E-state index contributed by atoms with van der Waals surface area (Å²) in [6, 6.07) is 13.8. The SMILES string of the molecule is CC(C)(C)c1ccc(OS(=O)(=O)c2cccc3c([O-])c([N+]#N)ccc23)cc1. The Hall–Kier alpha value is -3.11. The van der Waals surface area contributed by atoms with E-state index in [2.05, 4.69) is 25.7 Å². The van der Waals surface area contributed by atoms with Crippen molar-refractivity contribution in [2.45, 2.75) is 31.1 Å². The second-order valence-corrected chi connectivity index (χ2v) is 8.69. The predicted octanol–water partition coefficient (Wildman–Crippen LogP) is 4.46. The zero-order valence-corrected chi connectivity index (χ0v) is 15.9. The average Bonchev–Trinajstić information content (AvgIpc) is 2.61. The number of hydrogen-bond acceptors (Lipinski definition) is 5. The van der Waals surface area contributed by atoms with E-state index in [0.29, 0.717) is 0 Å². The maximum Gasteiger partial charge on any atom is 0.378 e. The lowest BCUT2D eigenvalue weighted by atomic mass is 9.87. The van der Waals surface area contributed by atoms with Crippen LogP contribution in [0.25, 0.3) is 15.7 Å². The van der Waals surface area contributed by atoms with Gasteiger partial charge in [-0.05, 0) is 46.4 Å². The topological polar surface area (TPSA) is 94.6 Å². The van der Waals surface area contributed by atoms with Gasteiger partial charge in [-0.2, -0.15) is 8.42 Å². The fourth-order valence-electron chi connectivity index (χ4n) is 2.77. The van der Waals surface area contributed by atoms with Crippen LogP contribution in [0.1, 0.15) is 26.3 Å². The number of fused-ring (bicyclic) bond motifs is 1. The van der Waals surface area contributed by atoms with E-state index in [4.69, 9.17) is 9.58 Å². The van der Waals surface area contributed by atoms with E-state index >= 15 is 0 Å². The smallest absolute Gasteiger partial charge is 0.378 e. The van der Waals surface area contributed by atoms with Gasteiger partial charge in [0.15, 0.2) is 4.98 Å². The van der Waals surface area contributed by atoms with Gasteiger partial charge in [0, 0.05) is 11.5 Å². The maximum atomic E-state index is 12.8. The molecule has 0 bridgehead atoms. The van der Waals surface area contributed by atoms with E-state index in [1.54, 1.807) is 12.1 Å². The normalized spacial score (nSPS) is 11.9. The van der Waals surface area contributed by atoms with Crippen LogP contribution in [0, 0.1) is 5.39 Å². The highest BCUT2D eigenvalue weighted by molar-refractivity contribution is 7.87. The van der Waals surface area contributed by atoms with E-state index in [1.165, 1.54) is 30.3 Å². The third-order valence-corrected chi connectivity index (χ3v) is 5.56. The predicted molar refractivity (Wildman–Crippen MR) is 101 cm³/mol. The van der Waals surface area contributed by atoms with Crippen molar-refractivity contribution in [2.75, 3.05) is 0 Å². The van der Waals surface area contributed by atoms with Crippen molar-refractivity contribution in [2.24, 2.45) is 0 Å². The number of hydrogen-bond donors (Lipinski definition) is 0. The second kappa shape index (κ2) is 6.56. The van der Waals surface area contributed by atoms with E-state index in [-0.39, 0.29) is 32.5 Å². The van der Waals surface area contributed by atoms with E-state index in [9.17, 15) is 13.5 Å². The number of benzene rings is 3. The van der Waals surface area contributed by atoms with Gasteiger partial charge in [0.25, 0.3) is 0 Å². The highest BCUT2D eigenvalue weighted by atomic mass is 32.2. The fourth-order valence-corrected chi connectivity index (χ4v) is 3.92. The van der Waals surface area contributed by atoms with Gasteiger partial charge < -0.3 is 9.29 Å². The lowest BCUT2D eigenvalue weighted by Crippen LogP contribution is -2.12. The Bertz CT molecular complexity index is 1160. The maximum absolute atomic E-state index is 12.8. The molecule has 0 amide bonds. The van der Waals surface area contributed by atoms with Crippen molar-refractivity contribution < 1.29 is 17.7 Å². The van der Waals surface area contributed by atoms with Gasteiger partial charge in [-0.3, -0.25) is 0 Å². The Labute approximate surface area is 157 Å². The van der Waals surface area contributed by atoms with Gasteiger partial charge in [-0.15, -0.1) is 0 Å². The zero-order chi connectivity index (χ0) is 19.8. The Morgan fingerprint density at radius 2 is 1.63 bits per heavy atom. The molecule has 0 aliphatic rings. The molecule has 0 unspecified atom stereocenters. The van der Waals surface area contributed by atoms with Gasteiger partial charge in [0.2, 0.25) is 5.39 Å². The highest BCUT2D eigenvalue weighted by Gasteiger charge is 2.22. The lowest BCUT2D eigenvalue weighted by molar-refractivity contribution is -0.264. The van der Waals surface area contributed by atoms with E-state index in [1.807, 2.05) is 12.1 Å². The number of diazo groups is 1. The summed E-state index contributed by atoms with van der Waals surface area (Å²) in [6.45, 7) is 6.18. The summed E-state index contributed by atoms with van der Waals surface area (Å²) in [7, 11) is -4.16. The summed E-state index contributed by atoms with van der Waals surface area (Å²) in [4.78, 5) is 2.79. The molecule has 0 N–H and O–H groups in total. The molecular weight excluding hydrogens is 364 g/mol. The molecule has 3 aromatic carbocycles. The molecule has 0 aliphatic heterocycles. The molecule has 138 valence electrons. The standard InChI is InChI=1S/C20H18N2O4S/c1-20(2,3)13-7-9-14(10-8-13)26-27(24,25)18-6-4-5-16-15(18)11-12-17(22-21)19(16)23/h4-12H,1-3H3. The molecule has 0 saturated carbocycles. The summed E-state index contributed by atoms with van der Waals surface area (Å²) >= 11 is 0. The molecule has 7 heteroatoms. The highest BCUT2D eigenvalue weighted by Crippen LogP contribution is 2.36. The van der Waals surface area contributed by atoms with Crippen molar-refractivity contribution in [1.29, 1.82) is 5.39 Å². The monoisotopic (exact) mass is 382 g/mol. The third-order valence-electron chi connectivity index (χ3n) is 4.25. The average molecular weight is 382 g/mol. The van der Waals surface area contributed by atoms with E-state index in [0.717, 1.165) is 5.56 Å². The molecular formula is C20H18N2O4S. The van der Waals surface area contributed by atoms with Crippen LogP contribution in [0.3, 0.4) is 0 Å². The van der Waals surface area contributed by atoms with Crippen molar-refractivity contribution in [3.63, 3.8) is 0 Å². The first kappa shape index (κ1) is 18.7. The molecule has 3 aromatic rings. The Morgan fingerprint density at radius 3 is 2.22 bits per heavy atom. The minimum Gasteiger partial charge on any atom is -0.867 e. The Morgan fingerprint density at radius 1 is 0.963 bits per heavy atom. The van der Waals surface area contributed by atoms with Crippen molar-refractivity contribution in [3.8, 4) is 11.5 Å². The van der Waals surface area contributed by atoms with Gasteiger partial charge in [0.1, 0.15) is 10.6 Å². The molecule has 6 nitrogen and oxygen atoms in total. The first-order valence-corrected chi connectivity index (χ1v) is 9.67. The Balaban J connectivity index is 2.03. The number of rotatable bonds is 3. The summed E-state index contributed by atoms with van der Waals surface area (Å²) < 4.78 is 30.8. The molecule has 0 heterocycles. The van der Waals surface area contributed by atoms with Crippen LogP contribution in [-0.4, -0.2) is 8.42 Å². The van der Waals surface area contributed by atoms with Crippen molar-refractivity contribution >= 4 is 26.6 Å². The summed E-state index contributed by atoms with van der Waals surface area (Å²) in [6.07, 6.45) is 0. The molecule has 0 atom stereocenters. The summed E-state index contributed by atoms with van der Waals surface area (Å²) in [5.41, 5.74) is 0.831. The van der Waals surface area contributed by atoms with Gasteiger partial charge in [0.05, 0.1) is 0 Å². The minimum atomic E-state index is -4.16. The minimum absolute atomic E-state index is 0.0625. The van der Waals surface area contributed by atoms with Crippen molar-refractivity contribution in [1.82, 2.24) is 0 Å². The van der Waals surface area contributed by atoms with E-state index < -0.39 is 15.9 Å². The van der Waals surface area contributed by atoms with Crippen LogP contribution in [0.4, 0.5) is 5.69 Å². The molecule has 3 rings (SSSR count). The van der Waals surface area contributed by atoms with Gasteiger partial charge >= 0.3 is 15.8 Å². The molecule has 0 saturated heterocycles. The molecule has 27 heavy (non-hydrogen) atoms. The molecule has 0 fully saturated rings. The molecule has 0 aromatic heterocycles. The summed E-state index contributed by atoms with van der Waals surface area (Å²) in [5.74, 6) is -0.370. The van der Waals surface area contributed by atoms with Crippen LogP contribution in [0.2, 0.25) is 0 Å². The van der Waals surface area contributed by atoms with Crippen molar-refractivity contribution in [3.05, 3.63) is 65.1 Å². The first-order valence-electron chi connectivity index (χ1n) is 8.26. The quantitative estimate of drug-likeness (QED) is 0.492. The number of nitrogens with zero attached hydrogens (tertiary/aromatic N) is 2. The van der Waals surface area contributed by atoms with Crippen LogP contribution >= 0.6 is 0 Å². The third kappa shape index (κ3) is 3.57. The first-order chi connectivity index (χ1) is 12.6.